The maximum atomic E-state index is 12.9. The van der Waals surface area contributed by atoms with Gasteiger partial charge in [-0.2, -0.15) is 0 Å². The molecule has 0 unspecified atom stereocenters. The molecule has 5 nitrogen and oxygen atoms in total. The third-order valence-electron chi connectivity index (χ3n) is 9.44. The maximum absolute atomic E-state index is 12.9. The number of carbonyl (C=O) groups is 2. The SMILES string of the molecule is [CH2+][CH-]CCCC(=O)OC1CCC(OC(=O)C2CCC(C3CCC(c4ccc(C)c(OC)c4)CC3)CC2)CC1. The van der Waals surface area contributed by atoms with Gasteiger partial charge in [0.1, 0.15) is 18.0 Å². The lowest BCUT2D eigenvalue weighted by molar-refractivity contribution is -0.162. The predicted octanol–water partition coefficient (Wildman–Crippen LogP) is 7.69. The van der Waals surface area contributed by atoms with Crippen molar-refractivity contribution in [1.29, 1.82) is 0 Å². The molecule has 0 atom stereocenters. The number of benzene rings is 1. The van der Waals surface area contributed by atoms with Crippen molar-refractivity contribution < 1.29 is 23.8 Å². The van der Waals surface area contributed by atoms with Crippen LogP contribution in [0.1, 0.15) is 113 Å². The fraction of sp³-hybridized carbons (Fsp3) is 0.697. The summed E-state index contributed by atoms with van der Waals surface area (Å²) in [5.41, 5.74) is 2.62. The van der Waals surface area contributed by atoms with Crippen LogP contribution >= 0.6 is 0 Å². The van der Waals surface area contributed by atoms with Gasteiger partial charge in [-0.1, -0.05) is 25.5 Å². The highest BCUT2D eigenvalue weighted by atomic mass is 16.6. The summed E-state index contributed by atoms with van der Waals surface area (Å²) in [4.78, 5) is 24.9. The van der Waals surface area contributed by atoms with Crippen molar-refractivity contribution in [3.8, 4) is 5.75 Å². The van der Waals surface area contributed by atoms with Crippen LogP contribution in [0.2, 0.25) is 0 Å². The van der Waals surface area contributed by atoms with Crippen molar-refractivity contribution in [3.05, 3.63) is 42.7 Å². The minimum atomic E-state index is -0.118. The molecule has 38 heavy (non-hydrogen) atoms. The smallest absolute Gasteiger partial charge is 0.309 e. The van der Waals surface area contributed by atoms with Gasteiger partial charge in [-0.05, 0) is 119 Å². The third kappa shape index (κ3) is 7.93. The van der Waals surface area contributed by atoms with Crippen molar-refractivity contribution in [2.24, 2.45) is 17.8 Å². The molecule has 3 aliphatic rings. The number of carbonyl (C=O) groups excluding carboxylic acids is 2. The van der Waals surface area contributed by atoms with Gasteiger partial charge in [0.05, 0.1) is 13.0 Å². The summed E-state index contributed by atoms with van der Waals surface area (Å²) in [5.74, 6) is 3.14. The zero-order valence-corrected chi connectivity index (χ0v) is 23.6. The van der Waals surface area contributed by atoms with Gasteiger partial charge in [0.25, 0.3) is 0 Å². The molecule has 4 rings (SSSR count). The zero-order chi connectivity index (χ0) is 26.9. The molecule has 0 heterocycles. The number of unbranched alkanes of at least 4 members (excludes halogenated alkanes) is 2. The first kappa shape index (κ1) is 28.8. The first-order chi connectivity index (χ1) is 18.5. The molecule has 0 saturated heterocycles. The molecule has 0 radical (unpaired) electrons. The van der Waals surface area contributed by atoms with Crippen LogP contribution in [0.3, 0.4) is 0 Å². The number of methoxy groups -OCH3 is 1. The van der Waals surface area contributed by atoms with E-state index in [0.717, 1.165) is 81.8 Å². The Labute approximate surface area is 230 Å². The van der Waals surface area contributed by atoms with Crippen LogP contribution in [0.5, 0.6) is 5.75 Å². The quantitative estimate of drug-likeness (QED) is 0.178. The first-order valence-electron chi connectivity index (χ1n) is 15.1. The Morgan fingerprint density at radius 3 is 2.08 bits per heavy atom. The third-order valence-corrected chi connectivity index (χ3v) is 9.44. The van der Waals surface area contributed by atoms with Gasteiger partial charge in [0.2, 0.25) is 0 Å². The van der Waals surface area contributed by atoms with Crippen molar-refractivity contribution >= 4 is 11.9 Å². The maximum Gasteiger partial charge on any atom is 0.309 e. The average Bonchev–Trinajstić information content (AvgIpc) is 2.95. The summed E-state index contributed by atoms with van der Waals surface area (Å²) in [6, 6.07) is 6.71. The van der Waals surface area contributed by atoms with E-state index in [-0.39, 0.29) is 30.1 Å². The average molecular weight is 525 g/mol. The van der Waals surface area contributed by atoms with Crippen molar-refractivity contribution in [2.75, 3.05) is 7.11 Å². The summed E-state index contributed by atoms with van der Waals surface area (Å²) >= 11 is 0. The minimum absolute atomic E-state index is 0.00495. The number of hydrogen-bond donors (Lipinski definition) is 0. The molecule has 3 fully saturated rings. The Bertz CT molecular complexity index is 887. The summed E-state index contributed by atoms with van der Waals surface area (Å²) in [5, 5.41) is 0. The Kier molecular flexibility index (Phi) is 10.8. The fourth-order valence-electron chi connectivity index (χ4n) is 7.00. The molecule has 0 spiro atoms. The predicted molar refractivity (Wildman–Crippen MR) is 150 cm³/mol. The van der Waals surface area contributed by atoms with E-state index in [1.54, 1.807) is 7.11 Å². The number of esters is 2. The number of aryl methyl sites for hydroxylation is 1. The Hall–Kier alpha value is -2.17. The highest BCUT2D eigenvalue weighted by molar-refractivity contribution is 5.72. The molecule has 0 amide bonds. The molecular weight excluding hydrogens is 476 g/mol. The van der Waals surface area contributed by atoms with Gasteiger partial charge >= 0.3 is 11.9 Å². The van der Waals surface area contributed by atoms with E-state index in [2.05, 4.69) is 32.0 Å². The van der Waals surface area contributed by atoms with Crippen LogP contribution in [0, 0.1) is 38.0 Å². The van der Waals surface area contributed by atoms with Gasteiger partial charge in [-0.25, -0.2) is 0 Å². The lowest BCUT2D eigenvalue weighted by atomic mass is 9.68. The minimum Gasteiger partial charge on any atom is -0.496 e. The topological polar surface area (TPSA) is 61.8 Å². The van der Waals surface area contributed by atoms with Gasteiger partial charge in [0, 0.05) is 6.42 Å². The van der Waals surface area contributed by atoms with E-state index < -0.39 is 0 Å². The zero-order valence-electron chi connectivity index (χ0n) is 23.6. The lowest BCUT2D eigenvalue weighted by Crippen LogP contribution is -2.33. The van der Waals surface area contributed by atoms with Crippen LogP contribution in [0.15, 0.2) is 18.2 Å². The van der Waals surface area contributed by atoms with Crippen molar-refractivity contribution in [3.63, 3.8) is 0 Å². The van der Waals surface area contributed by atoms with Gasteiger partial charge < -0.3 is 14.2 Å². The molecule has 5 heteroatoms. The van der Waals surface area contributed by atoms with E-state index in [1.807, 2.05) is 6.42 Å². The van der Waals surface area contributed by atoms with Crippen LogP contribution in [0.4, 0.5) is 0 Å². The molecule has 1 aromatic carbocycles. The van der Waals surface area contributed by atoms with Gasteiger partial charge in [0.15, 0.2) is 0 Å². The molecule has 0 bridgehead atoms. The van der Waals surface area contributed by atoms with Crippen molar-refractivity contribution in [1.82, 2.24) is 0 Å². The van der Waals surface area contributed by atoms with Crippen LogP contribution < -0.4 is 4.74 Å². The molecule has 0 aromatic heterocycles. The number of rotatable bonds is 10. The number of hydrogen-bond acceptors (Lipinski definition) is 5. The van der Waals surface area contributed by atoms with E-state index in [1.165, 1.54) is 36.8 Å². The Morgan fingerprint density at radius 1 is 0.868 bits per heavy atom. The molecule has 3 aliphatic carbocycles. The highest BCUT2D eigenvalue weighted by Crippen LogP contribution is 2.44. The second kappa shape index (κ2) is 14.3. The molecule has 0 aliphatic heterocycles. The van der Waals surface area contributed by atoms with Crippen molar-refractivity contribution in [2.45, 2.75) is 121 Å². The van der Waals surface area contributed by atoms with E-state index in [4.69, 9.17) is 14.2 Å². The Balaban J connectivity index is 1.13. The summed E-state index contributed by atoms with van der Waals surface area (Å²) in [7, 11) is 1.76. The molecule has 3 saturated carbocycles. The molecule has 0 N–H and O–H groups in total. The largest absolute Gasteiger partial charge is 0.496 e. The van der Waals surface area contributed by atoms with Gasteiger partial charge in [-0.15, -0.1) is 12.8 Å². The fourth-order valence-corrected chi connectivity index (χ4v) is 7.00. The van der Waals surface area contributed by atoms with E-state index in [0.29, 0.717) is 12.3 Å². The second-order valence-electron chi connectivity index (χ2n) is 12.0. The van der Waals surface area contributed by atoms with E-state index >= 15 is 0 Å². The summed E-state index contributed by atoms with van der Waals surface area (Å²) in [6.45, 7) is 5.79. The van der Waals surface area contributed by atoms with Crippen LogP contribution in [0.25, 0.3) is 0 Å². The standard InChI is InChI=1S/C33H48O5/c1-4-5-6-7-32(34)37-29-18-20-30(21-19-29)38-33(35)27-16-14-25(15-17-27)24-10-12-26(13-11-24)28-9-8-23(2)31(22-28)36-3/h4,8-9,22,24-27,29-30H,1,5-7,10-21H2,2-3H3. The lowest BCUT2D eigenvalue weighted by Gasteiger charge is -2.38. The van der Waals surface area contributed by atoms with Crippen LogP contribution in [-0.4, -0.2) is 31.3 Å². The number of ether oxygens (including phenoxy) is 3. The molecule has 210 valence electrons. The second-order valence-corrected chi connectivity index (χ2v) is 12.0. The normalized spacial score (nSPS) is 29.8. The molecule has 1 aromatic rings. The van der Waals surface area contributed by atoms with Crippen LogP contribution in [-0.2, 0) is 19.1 Å². The molecular formula is C33H48O5. The van der Waals surface area contributed by atoms with Gasteiger partial charge in [-0.3, -0.25) is 9.59 Å². The highest BCUT2D eigenvalue weighted by Gasteiger charge is 2.35. The monoisotopic (exact) mass is 524 g/mol. The first-order valence-corrected chi connectivity index (χ1v) is 15.1. The van der Waals surface area contributed by atoms with E-state index in [9.17, 15) is 9.59 Å². The summed E-state index contributed by atoms with van der Waals surface area (Å²) in [6.07, 6.45) is 16.4. The summed E-state index contributed by atoms with van der Waals surface area (Å²) < 4.78 is 17.1. The Morgan fingerprint density at radius 2 is 1.47 bits per heavy atom.